The van der Waals surface area contributed by atoms with Gasteiger partial charge < -0.3 is 20.1 Å². The summed E-state index contributed by atoms with van der Waals surface area (Å²) in [4.78, 5) is 0. The Hall–Kier alpha value is -2.04. The molecule has 1 aliphatic heterocycles. The van der Waals surface area contributed by atoms with E-state index in [1.165, 1.54) is 11.1 Å². The first-order chi connectivity index (χ1) is 11.8. The van der Waals surface area contributed by atoms with E-state index in [-0.39, 0.29) is 0 Å². The molecule has 4 nitrogen and oxygen atoms in total. The van der Waals surface area contributed by atoms with Crippen LogP contribution in [0.15, 0.2) is 48.5 Å². The largest absolute Gasteiger partial charge is 0.497 e. The molecule has 0 radical (unpaired) electrons. The molecule has 0 aliphatic carbocycles. The third-order valence-electron chi connectivity index (χ3n) is 4.36. The van der Waals surface area contributed by atoms with Crippen molar-refractivity contribution in [1.82, 2.24) is 10.6 Å². The molecule has 2 aromatic carbocycles. The fraction of sp³-hybridized carbons (Fsp3) is 0.400. The first-order valence-corrected chi connectivity index (χ1v) is 8.63. The number of ether oxygens (including phenoxy) is 2. The van der Waals surface area contributed by atoms with Crippen molar-refractivity contribution in [2.75, 3.05) is 33.4 Å². The minimum atomic E-state index is 0.380. The summed E-state index contributed by atoms with van der Waals surface area (Å²) < 4.78 is 11.4. The third-order valence-corrected chi connectivity index (χ3v) is 4.36. The van der Waals surface area contributed by atoms with Crippen LogP contribution >= 0.6 is 0 Å². The predicted molar refractivity (Wildman–Crippen MR) is 97.0 cm³/mol. The molecule has 0 saturated carbocycles. The molecule has 128 valence electrons. The van der Waals surface area contributed by atoms with Gasteiger partial charge in [0, 0.05) is 19.6 Å². The van der Waals surface area contributed by atoms with E-state index in [0.717, 1.165) is 44.0 Å². The van der Waals surface area contributed by atoms with Crippen LogP contribution in [0, 0.1) is 0 Å². The first kappa shape index (κ1) is 16.8. The van der Waals surface area contributed by atoms with Crippen LogP contribution < -0.4 is 20.1 Å². The molecule has 2 aromatic rings. The normalized spacial score (nSPS) is 17.5. The Morgan fingerprint density at radius 3 is 2.79 bits per heavy atom. The summed E-state index contributed by atoms with van der Waals surface area (Å²) in [5.41, 5.74) is 2.53. The lowest BCUT2D eigenvalue weighted by Gasteiger charge is -2.25. The van der Waals surface area contributed by atoms with Crippen LogP contribution in [0.4, 0.5) is 0 Å². The fourth-order valence-electron chi connectivity index (χ4n) is 2.98. The second-order valence-corrected chi connectivity index (χ2v) is 6.13. The maximum Gasteiger partial charge on any atom is 0.122 e. The van der Waals surface area contributed by atoms with Crippen LogP contribution in [-0.2, 0) is 12.8 Å². The lowest BCUT2D eigenvalue weighted by Crippen LogP contribution is -2.51. The lowest BCUT2D eigenvalue weighted by molar-refractivity contribution is 0.245. The molecule has 1 aliphatic rings. The highest BCUT2D eigenvalue weighted by atomic mass is 16.5. The number of aryl methyl sites for hydroxylation is 2. The summed E-state index contributed by atoms with van der Waals surface area (Å²) in [6.45, 7) is 3.70. The molecule has 3 rings (SSSR count). The van der Waals surface area contributed by atoms with Crippen LogP contribution in [0.1, 0.15) is 11.1 Å². The maximum atomic E-state index is 6.08. The summed E-state index contributed by atoms with van der Waals surface area (Å²) in [6.07, 6.45) is 1.93. The molecule has 0 bridgehead atoms. The highest BCUT2D eigenvalue weighted by Crippen LogP contribution is 2.21. The topological polar surface area (TPSA) is 42.5 Å². The van der Waals surface area contributed by atoms with E-state index >= 15 is 0 Å². The second-order valence-electron chi connectivity index (χ2n) is 6.13. The Kier molecular flexibility index (Phi) is 6.10. The number of hydrogen-bond donors (Lipinski definition) is 2. The van der Waals surface area contributed by atoms with Gasteiger partial charge in [-0.25, -0.2) is 0 Å². The summed E-state index contributed by atoms with van der Waals surface area (Å²) in [6, 6.07) is 17.0. The Labute approximate surface area is 144 Å². The van der Waals surface area contributed by atoms with Gasteiger partial charge in [-0.3, -0.25) is 0 Å². The molecule has 1 fully saturated rings. The monoisotopic (exact) mass is 326 g/mol. The van der Waals surface area contributed by atoms with Crippen LogP contribution in [-0.4, -0.2) is 39.4 Å². The number of nitrogens with one attached hydrogen (secondary N) is 2. The molecule has 0 unspecified atom stereocenters. The van der Waals surface area contributed by atoms with Gasteiger partial charge in [0.15, 0.2) is 0 Å². The number of methoxy groups -OCH3 is 1. The van der Waals surface area contributed by atoms with Gasteiger partial charge >= 0.3 is 0 Å². The van der Waals surface area contributed by atoms with Crippen LogP contribution in [0.2, 0.25) is 0 Å². The van der Waals surface area contributed by atoms with Crippen LogP contribution in [0.25, 0.3) is 0 Å². The van der Waals surface area contributed by atoms with Gasteiger partial charge in [-0.05, 0) is 42.2 Å². The highest BCUT2D eigenvalue weighted by molar-refractivity contribution is 5.35. The number of piperazine rings is 1. The number of hydrogen-bond acceptors (Lipinski definition) is 4. The van der Waals surface area contributed by atoms with E-state index in [1.54, 1.807) is 7.11 Å². The molecule has 24 heavy (non-hydrogen) atoms. The molecular weight excluding hydrogens is 300 g/mol. The minimum Gasteiger partial charge on any atom is -0.497 e. The van der Waals surface area contributed by atoms with Crippen molar-refractivity contribution in [1.29, 1.82) is 0 Å². The van der Waals surface area contributed by atoms with Crippen molar-refractivity contribution in [2.45, 2.75) is 18.9 Å². The predicted octanol–water partition coefficient (Wildman–Crippen LogP) is 2.42. The fourth-order valence-corrected chi connectivity index (χ4v) is 2.98. The number of rotatable bonds is 7. The van der Waals surface area contributed by atoms with E-state index in [1.807, 2.05) is 18.2 Å². The zero-order valence-corrected chi connectivity index (χ0v) is 14.3. The van der Waals surface area contributed by atoms with Gasteiger partial charge in [0.1, 0.15) is 18.1 Å². The van der Waals surface area contributed by atoms with Crippen LogP contribution in [0.3, 0.4) is 0 Å². The molecular formula is C20H26N2O2. The Balaban J connectivity index is 1.58. The van der Waals surface area contributed by atoms with Gasteiger partial charge in [-0.1, -0.05) is 30.3 Å². The maximum absolute atomic E-state index is 6.08. The SMILES string of the molecule is COc1cccc(CCc2ccccc2OC[C@@H]2CNCCN2)c1. The summed E-state index contributed by atoms with van der Waals surface area (Å²) >= 11 is 0. The first-order valence-electron chi connectivity index (χ1n) is 8.63. The zero-order chi connectivity index (χ0) is 16.6. The molecule has 1 atom stereocenters. The van der Waals surface area contributed by atoms with Gasteiger partial charge in [-0.15, -0.1) is 0 Å². The average Bonchev–Trinajstić information content (AvgIpc) is 2.66. The molecule has 1 saturated heterocycles. The van der Waals surface area contributed by atoms with Crippen molar-refractivity contribution < 1.29 is 9.47 Å². The smallest absolute Gasteiger partial charge is 0.122 e. The third kappa shape index (κ3) is 4.73. The Morgan fingerprint density at radius 1 is 1.04 bits per heavy atom. The Bertz CT molecular complexity index is 639. The molecule has 0 amide bonds. The minimum absolute atomic E-state index is 0.380. The van der Waals surface area contributed by atoms with Gasteiger partial charge in [-0.2, -0.15) is 0 Å². The van der Waals surface area contributed by atoms with E-state index in [0.29, 0.717) is 12.6 Å². The van der Waals surface area contributed by atoms with E-state index in [4.69, 9.17) is 9.47 Å². The van der Waals surface area contributed by atoms with E-state index < -0.39 is 0 Å². The van der Waals surface area contributed by atoms with Crippen molar-refractivity contribution in [3.05, 3.63) is 59.7 Å². The summed E-state index contributed by atoms with van der Waals surface area (Å²) in [7, 11) is 1.70. The molecule has 4 heteroatoms. The highest BCUT2D eigenvalue weighted by Gasteiger charge is 2.13. The number of benzene rings is 2. The second kappa shape index (κ2) is 8.71. The lowest BCUT2D eigenvalue weighted by atomic mass is 10.0. The Morgan fingerprint density at radius 2 is 1.96 bits per heavy atom. The van der Waals surface area contributed by atoms with Gasteiger partial charge in [0.2, 0.25) is 0 Å². The molecule has 0 aromatic heterocycles. The van der Waals surface area contributed by atoms with E-state index in [2.05, 4.69) is 41.0 Å². The van der Waals surface area contributed by atoms with Crippen molar-refractivity contribution in [2.24, 2.45) is 0 Å². The molecule has 2 N–H and O–H groups in total. The average molecular weight is 326 g/mol. The standard InChI is InChI=1S/C20H26N2O2/c1-23-19-7-4-5-16(13-19)9-10-17-6-2-3-8-20(17)24-15-18-14-21-11-12-22-18/h2-8,13,18,21-22H,9-12,14-15H2,1H3/t18-/m0/s1. The van der Waals surface area contributed by atoms with Gasteiger partial charge in [0.25, 0.3) is 0 Å². The number of para-hydroxylation sites is 1. The van der Waals surface area contributed by atoms with Crippen molar-refractivity contribution in [3.63, 3.8) is 0 Å². The van der Waals surface area contributed by atoms with E-state index in [9.17, 15) is 0 Å². The van der Waals surface area contributed by atoms with Gasteiger partial charge in [0.05, 0.1) is 13.2 Å². The van der Waals surface area contributed by atoms with Crippen molar-refractivity contribution in [3.8, 4) is 11.5 Å². The van der Waals surface area contributed by atoms with Crippen LogP contribution in [0.5, 0.6) is 11.5 Å². The summed E-state index contributed by atoms with van der Waals surface area (Å²) in [5, 5.41) is 6.87. The summed E-state index contributed by atoms with van der Waals surface area (Å²) in [5.74, 6) is 1.90. The zero-order valence-electron chi connectivity index (χ0n) is 14.3. The molecule has 0 spiro atoms. The molecule has 1 heterocycles. The quantitative estimate of drug-likeness (QED) is 0.820. The van der Waals surface area contributed by atoms with Crippen molar-refractivity contribution >= 4 is 0 Å².